The molecule has 0 aromatic heterocycles. The van der Waals surface area contributed by atoms with Crippen molar-refractivity contribution in [3.8, 4) is 0 Å². The van der Waals surface area contributed by atoms with Crippen molar-refractivity contribution in [2.24, 2.45) is 0 Å². The van der Waals surface area contributed by atoms with Gasteiger partial charge in [-0.1, -0.05) is 90.1 Å². The number of benzene rings is 3. The van der Waals surface area contributed by atoms with Crippen LogP contribution in [0.15, 0.2) is 59.5 Å². The van der Waals surface area contributed by atoms with Crippen molar-refractivity contribution in [2.75, 3.05) is 19.8 Å². The topological polar surface area (TPSA) is 61.8 Å². The lowest BCUT2D eigenvalue weighted by Crippen LogP contribution is -2.29. The molecular formula is C30H38O5S. The Balaban J connectivity index is 1.63. The highest BCUT2D eigenvalue weighted by molar-refractivity contribution is 7.86. The Morgan fingerprint density at radius 3 is 1.94 bits per heavy atom. The monoisotopic (exact) mass is 510 g/mol. The molecule has 1 saturated heterocycles. The minimum Gasteiger partial charge on any atom is -0.343 e. The third kappa shape index (κ3) is 5.37. The quantitative estimate of drug-likeness (QED) is 0.285. The molecule has 3 aromatic carbocycles. The maximum Gasteiger partial charge on any atom is 0.297 e. The highest BCUT2D eigenvalue weighted by Gasteiger charge is 2.39. The molecule has 4 rings (SSSR count). The minimum absolute atomic E-state index is 0.0417. The first-order valence-corrected chi connectivity index (χ1v) is 14.3. The van der Waals surface area contributed by atoms with Crippen LogP contribution in [0.25, 0.3) is 10.8 Å². The molecule has 0 bridgehead atoms. The van der Waals surface area contributed by atoms with Crippen LogP contribution in [0.5, 0.6) is 0 Å². The first-order chi connectivity index (χ1) is 17.0. The van der Waals surface area contributed by atoms with Gasteiger partial charge >= 0.3 is 0 Å². The Kier molecular flexibility index (Phi) is 7.91. The van der Waals surface area contributed by atoms with E-state index in [1.807, 2.05) is 76.2 Å². The third-order valence-electron chi connectivity index (χ3n) is 6.94. The average Bonchev–Trinajstić information content (AvgIpc) is 3.32. The first kappa shape index (κ1) is 26.8. The summed E-state index contributed by atoms with van der Waals surface area (Å²) in [5.41, 5.74) is 3.63. The molecule has 0 saturated carbocycles. The van der Waals surface area contributed by atoms with E-state index in [1.165, 1.54) is 0 Å². The van der Waals surface area contributed by atoms with Gasteiger partial charge in [-0.2, -0.15) is 8.42 Å². The van der Waals surface area contributed by atoms with E-state index in [-0.39, 0.29) is 24.9 Å². The van der Waals surface area contributed by atoms with E-state index in [2.05, 4.69) is 19.9 Å². The molecule has 5 nitrogen and oxygen atoms in total. The van der Waals surface area contributed by atoms with Gasteiger partial charge in [0.05, 0.1) is 19.8 Å². The normalized spacial score (nSPS) is 16.0. The maximum absolute atomic E-state index is 13.6. The van der Waals surface area contributed by atoms with Crippen LogP contribution < -0.4 is 0 Å². The first-order valence-electron chi connectivity index (χ1n) is 12.9. The molecule has 0 spiro atoms. The lowest BCUT2D eigenvalue weighted by atomic mass is 9.89. The molecule has 0 N–H and O–H groups in total. The molecule has 36 heavy (non-hydrogen) atoms. The predicted molar refractivity (Wildman–Crippen MR) is 144 cm³/mol. The Hall–Kier alpha value is -2.25. The van der Waals surface area contributed by atoms with Crippen LogP contribution in [0.4, 0.5) is 0 Å². The van der Waals surface area contributed by atoms with Crippen molar-refractivity contribution >= 4 is 20.9 Å². The van der Waals surface area contributed by atoms with Crippen molar-refractivity contribution < 1.29 is 22.1 Å². The molecule has 0 aliphatic carbocycles. The second kappa shape index (κ2) is 10.6. The van der Waals surface area contributed by atoms with Gasteiger partial charge in [0.25, 0.3) is 10.1 Å². The Morgan fingerprint density at radius 2 is 1.39 bits per heavy atom. The fourth-order valence-electron chi connectivity index (χ4n) is 4.86. The van der Waals surface area contributed by atoms with Crippen molar-refractivity contribution in [3.63, 3.8) is 0 Å². The SMILES string of the molecule is CC(C)c1cc(C(C)C)c(S(=O)(=O)OCCC2(c3ccc4ccccc4c3)OCCO2)c(C(C)C)c1. The summed E-state index contributed by atoms with van der Waals surface area (Å²) in [6, 6.07) is 18.2. The number of rotatable bonds is 9. The van der Waals surface area contributed by atoms with Crippen LogP contribution >= 0.6 is 0 Å². The minimum atomic E-state index is -4.00. The zero-order chi connectivity index (χ0) is 26.1. The van der Waals surface area contributed by atoms with Gasteiger partial charge in [0, 0.05) is 12.0 Å². The molecule has 0 unspecified atom stereocenters. The van der Waals surface area contributed by atoms with Gasteiger partial charge in [-0.05, 0) is 51.3 Å². The number of hydrogen-bond acceptors (Lipinski definition) is 5. The van der Waals surface area contributed by atoms with E-state index >= 15 is 0 Å². The van der Waals surface area contributed by atoms with Crippen molar-refractivity contribution in [1.29, 1.82) is 0 Å². The molecule has 0 radical (unpaired) electrons. The largest absolute Gasteiger partial charge is 0.343 e. The van der Waals surface area contributed by atoms with E-state index in [4.69, 9.17) is 13.7 Å². The summed E-state index contributed by atoms with van der Waals surface area (Å²) in [6.07, 6.45) is 0.267. The van der Waals surface area contributed by atoms with E-state index in [0.29, 0.717) is 24.0 Å². The van der Waals surface area contributed by atoms with Crippen molar-refractivity contribution in [1.82, 2.24) is 0 Å². The second-order valence-corrected chi connectivity index (χ2v) is 12.1. The van der Waals surface area contributed by atoms with Gasteiger partial charge in [0.15, 0.2) is 5.79 Å². The third-order valence-corrected chi connectivity index (χ3v) is 8.39. The maximum atomic E-state index is 13.6. The smallest absolute Gasteiger partial charge is 0.297 e. The molecule has 1 aliphatic heterocycles. The van der Waals surface area contributed by atoms with Gasteiger partial charge in [-0.15, -0.1) is 0 Å². The lowest BCUT2D eigenvalue weighted by Gasteiger charge is -2.28. The summed E-state index contributed by atoms with van der Waals surface area (Å²) in [5, 5.41) is 2.20. The van der Waals surface area contributed by atoms with Gasteiger partial charge in [0.2, 0.25) is 0 Å². The lowest BCUT2D eigenvalue weighted by molar-refractivity contribution is -0.174. The van der Waals surface area contributed by atoms with Crippen LogP contribution in [0.1, 0.15) is 88.0 Å². The Labute approximate surface area is 215 Å². The summed E-state index contributed by atoms with van der Waals surface area (Å²) in [6.45, 7) is 13.2. The molecule has 6 heteroatoms. The molecule has 1 heterocycles. The highest BCUT2D eigenvalue weighted by atomic mass is 32.2. The molecule has 3 aromatic rings. The van der Waals surface area contributed by atoms with Crippen molar-refractivity contribution in [2.45, 2.75) is 76.4 Å². The Morgan fingerprint density at radius 1 is 0.806 bits per heavy atom. The number of fused-ring (bicyclic) bond motifs is 1. The number of ether oxygens (including phenoxy) is 2. The van der Waals surface area contributed by atoms with Crippen LogP contribution in [0.2, 0.25) is 0 Å². The summed E-state index contributed by atoms with van der Waals surface area (Å²) in [4.78, 5) is 0.310. The standard InChI is InChI=1S/C30H38O5S/c1-20(2)25-18-27(21(3)4)29(28(19-25)22(5)6)36(31,32)35-14-13-30(33-15-16-34-30)26-12-11-23-9-7-8-10-24(23)17-26/h7-12,17-22H,13-16H2,1-6H3. The zero-order valence-corrected chi connectivity index (χ0v) is 23.0. The molecule has 194 valence electrons. The second-order valence-electron chi connectivity index (χ2n) is 10.5. The van der Waals surface area contributed by atoms with E-state index in [0.717, 1.165) is 33.0 Å². The summed E-state index contributed by atoms with van der Waals surface area (Å²) in [7, 11) is -4.00. The molecular weight excluding hydrogens is 472 g/mol. The van der Waals surface area contributed by atoms with E-state index in [1.54, 1.807) is 0 Å². The van der Waals surface area contributed by atoms with Gasteiger partial charge < -0.3 is 9.47 Å². The summed E-state index contributed by atoms with van der Waals surface area (Å²) in [5.74, 6) is -0.640. The molecule has 0 atom stereocenters. The van der Waals surface area contributed by atoms with Crippen molar-refractivity contribution in [3.05, 3.63) is 76.9 Å². The predicted octanol–water partition coefficient (Wildman–Crippen LogP) is 7.21. The fraction of sp³-hybridized carbons (Fsp3) is 0.467. The fourth-order valence-corrected chi connectivity index (χ4v) is 6.45. The van der Waals surface area contributed by atoms with Gasteiger partial charge in [-0.3, -0.25) is 4.18 Å². The zero-order valence-electron chi connectivity index (χ0n) is 22.2. The van der Waals surface area contributed by atoms with E-state index in [9.17, 15) is 8.42 Å². The number of hydrogen-bond donors (Lipinski definition) is 0. The summed E-state index contributed by atoms with van der Waals surface area (Å²) >= 11 is 0. The highest BCUT2D eigenvalue weighted by Crippen LogP contribution is 2.39. The van der Waals surface area contributed by atoms with Gasteiger partial charge in [0.1, 0.15) is 4.90 Å². The molecule has 0 amide bonds. The van der Waals surface area contributed by atoms with Crippen LogP contribution in [0.3, 0.4) is 0 Å². The van der Waals surface area contributed by atoms with Crippen LogP contribution in [0, 0.1) is 0 Å². The Bertz CT molecular complexity index is 1290. The molecule has 1 aliphatic rings. The van der Waals surface area contributed by atoms with Gasteiger partial charge in [-0.25, -0.2) is 0 Å². The van der Waals surface area contributed by atoms with Crippen LogP contribution in [-0.4, -0.2) is 28.2 Å². The van der Waals surface area contributed by atoms with E-state index < -0.39 is 15.9 Å². The average molecular weight is 511 g/mol. The summed E-state index contributed by atoms with van der Waals surface area (Å²) < 4.78 is 45.1. The van der Waals surface area contributed by atoms with Crippen LogP contribution in [-0.2, 0) is 29.6 Å². The molecule has 1 fully saturated rings.